The number of anilines is 2. The Balaban J connectivity index is 1.42. The van der Waals surface area contributed by atoms with Crippen LogP contribution in [-0.2, 0) is 11.3 Å². The number of carbonyl (C=O) groups excluding carboxylic acids is 1. The third kappa shape index (κ3) is 3.71. The molecule has 0 radical (unpaired) electrons. The Hall–Kier alpha value is -3.71. The summed E-state index contributed by atoms with van der Waals surface area (Å²) in [6, 6.07) is 23.0. The molecule has 2 heterocycles. The quantitative estimate of drug-likeness (QED) is 0.340. The van der Waals surface area contributed by atoms with E-state index in [-0.39, 0.29) is 12.3 Å². The summed E-state index contributed by atoms with van der Waals surface area (Å²) in [7, 11) is 0. The van der Waals surface area contributed by atoms with E-state index < -0.39 is 5.76 Å². The summed E-state index contributed by atoms with van der Waals surface area (Å²) < 4.78 is 7.91. The fraction of sp³-hybridized carbons (Fsp3) is 0.160. The number of oxazole rings is 1. The number of para-hydroxylation sites is 4. The molecular formula is C25H21N3O3S. The lowest BCUT2D eigenvalue weighted by Gasteiger charge is -2.22. The van der Waals surface area contributed by atoms with Crippen LogP contribution in [0.5, 0.6) is 0 Å². The van der Waals surface area contributed by atoms with Crippen LogP contribution in [0.1, 0.15) is 18.4 Å². The average Bonchev–Trinajstić information content (AvgIpc) is 3.36. The normalized spacial score (nSPS) is 11.3. The Morgan fingerprint density at radius 1 is 1.03 bits per heavy atom. The summed E-state index contributed by atoms with van der Waals surface area (Å²) >= 11 is 1.50. The van der Waals surface area contributed by atoms with E-state index in [1.165, 1.54) is 11.3 Å². The summed E-state index contributed by atoms with van der Waals surface area (Å²) in [6.45, 7) is 2.39. The monoisotopic (exact) mass is 443 g/mol. The van der Waals surface area contributed by atoms with Crippen LogP contribution in [0.15, 0.2) is 82.0 Å². The van der Waals surface area contributed by atoms with Crippen LogP contribution in [-0.4, -0.2) is 15.5 Å². The second-order valence-corrected chi connectivity index (χ2v) is 8.58. The molecule has 0 unspecified atom stereocenters. The van der Waals surface area contributed by atoms with Gasteiger partial charge in [0.25, 0.3) is 0 Å². The highest BCUT2D eigenvalue weighted by Gasteiger charge is 2.23. The van der Waals surface area contributed by atoms with Gasteiger partial charge in [0.15, 0.2) is 10.7 Å². The Morgan fingerprint density at radius 2 is 1.78 bits per heavy atom. The lowest BCUT2D eigenvalue weighted by molar-refractivity contribution is -0.118. The van der Waals surface area contributed by atoms with Gasteiger partial charge in [-0.25, -0.2) is 9.78 Å². The predicted octanol–water partition coefficient (Wildman–Crippen LogP) is 5.66. The van der Waals surface area contributed by atoms with Crippen molar-refractivity contribution < 1.29 is 9.21 Å². The van der Waals surface area contributed by atoms with Crippen molar-refractivity contribution in [2.45, 2.75) is 26.3 Å². The molecule has 1 amide bonds. The molecule has 0 aliphatic heterocycles. The number of aromatic nitrogens is 2. The zero-order valence-corrected chi connectivity index (χ0v) is 18.3. The van der Waals surface area contributed by atoms with Gasteiger partial charge in [-0.3, -0.25) is 14.3 Å². The number of thiazole rings is 1. The van der Waals surface area contributed by atoms with Crippen LogP contribution in [0.4, 0.5) is 10.8 Å². The molecule has 5 aromatic rings. The highest BCUT2D eigenvalue weighted by molar-refractivity contribution is 7.22. The topological polar surface area (TPSA) is 68.3 Å². The highest BCUT2D eigenvalue weighted by atomic mass is 32.1. The van der Waals surface area contributed by atoms with Crippen molar-refractivity contribution in [1.82, 2.24) is 9.55 Å². The van der Waals surface area contributed by atoms with Crippen molar-refractivity contribution in [3.63, 3.8) is 0 Å². The molecule has 0 atom stereocenters. The molecule has 0 fully saturated rings. The van der Waals surface area contributed by atoms with Crippen LogP contribution in [0.3, 0.4) is 0 Å². The number of benzene rings is 3. The maximum Gasteiger partial charge on any atom is 0.419 e. The van der Waals surface area contributed by atoms with Crippen molar-refractivity contribution in [3.05, 3.63) is 88.9 Å². The summed E-state index contributed by atoms with van der Waals surface area (Å²) in [4.78, 5) is 32.1. The largest absolute Gasteiger partial charge is 0.419 e. The van der Waals surface area contributed by atoms with E-state index in [0.717, 1.165) is 27.0 Å². The molecule has 2 aromatic heterocycles. The molecular weight excluding hydrogens is 422 g/mol. The number of nitrogens with zero attached hydrogens (tertiary/aromatic N) is 3. The minimum atomic E-state index is -0.402. The molecule has 6 nitrogen and oxygen atoms in total. The standard InChI is InChI=1S/C25H21N3O3S/c1-17-9-2-4-11-19(17)28(24-26-18-10-3-7-14-22(18)32-24)23(29)15-8-16-27-20-12-5-6-13-21(20)31-25(27)30/h2-7,9-14H,8,15-16H2,1H3. The van der Waals surface area contributed by atoms with Gasteiger partial charge in [-0.05, 0) is 49.2 Å². The summed E-state index contributed by atoms with van der Waals surface area (Å²) in [5.41, 5.74) is 3.99. The maximum absolute atomic E-state index is 13.4. The second kappa shape index (κ2) is 8.43. The third-order valence-corrected chi connectivity index (χ3v) is 6.45. The molecule has 0 spiro atoms. The minimum Gasteiger partial charge on any atom is -0.408 e. The van der Waals surface area contributed by atoms with Crippen LogP contribution in [0.25, 0.3) is 21.3 Å². The van der Waals surface area contributed by atoms with E-state index in [1.807, 2.05) is 73.7 Å². The molecule has 0 aliphatic carbocycles. The number of hydrogen-bond donors (Lipinski definition) is 0. The minimum absolute atomic E-state index is 0.0563. The second-order valence-electron chi connectivity index (χ2n) is 7.57. The molecule has 32 heavy (non-hydrogen) atoms. The van der Waals surface area contributed by atoms with Gasteiger partial charge in [0.2, 0.25) is 5.91 Å². The van der Waals surface area contributed by atoms with Crippen molar-refractivity contribution in [1.29, 1.82) is 0 Å². The van der Waals surface area contributed by atoms with Crippen LogP contribution in [0.2, 0.25) is 0 Å². The Bertz CT molecular complexity index is 1450. The van der Waals surface area contributed by atoms with Gasteiger partial charge in [0.1, 0.15) is 0 Å². The summed E-state index contributed by atoms with van der Waals surface area (Å²) in [5, 5.41) is 0.649. The fourth-order valence-corrected chi connectivity index (χ4v) is 4.84. The Labute approximate surface area is 188 Å². The molecule has 7 heteroatoms. The van der Waals surface area contributed by atoms with Gasteiger partial charge < -0.3 is 4.42 Å². The lowest BCUT2D eigenvalue weighted by atomic mass is 10.1. The van der Waals surface area contributed by atoms with Crippen molar-refractivity contribution in [2.24, 2.45) is 0 Å². The SMILES string of the molecule is Cc1ccccc1N(C(=O)CCCn1c(=O)oc2ccccc21)c1nc2ccccc2s1. The zero-order chi connectivity index (χ0) is 22.1. The fourth-order valence-electron chi connectivity index (χ4n) is 3.84. The summed E-state index contributed by atoms with van der Waals surface area (Å²) in [5.74, 6) is -0.459. The van der Waals surface area contributed by atoms with Crippen molar-refractivity contribution in [2.75, 3.05) is 4.90 Å². The number of rotatable bonds is 6. The Kier molecular flexibility index (Phi) is 5.33. The number of carbonyl (C=O) groups is 1. The molecule has 0 N–H and O–H groups in total. The Morgan fingerprint density at radius 3 is 2.62 bits per heavy atom. The number of aryl methyl sites for hydroxylation is 2. The average molecular weight is 444 g/mol. The first-order valence-corrected chi connectivity index (χ1v) is 11.3. The van der Waals surface area contributed by atoms with Crippen molar-refractivity contribution >= 4 is 49.4 Å². The summed E-state index contributed by atoms with van der Waals surface area (Å²) in [6.07, 6.45) is 0.783. The first-order valence-electron chi connectivity index (χ1n) is 10.4. The van der Waals surface area contributed by atoms with E-state index >= 15 is 0 Å². The van der Waals surface area contributed by atoms with E-state index in [1.54, 1.807) is 15.5 Å². The number of fused-ring (bicyclic) bond motifs is 2. The molecule has 0 aliphatic rings. The first-order chi connectivity index (χ1) is 15.6. The van der Waals surface area contributed by atoms with Crippen LogP contribution >= 0.6 is 11.3 Å². The highest BCUT2D eigenvalue weighted by Crippen LogP contribution is 2.35. The lowest BCUT2D eigenvalue weighted by Crippen LogP contribution is -2.27. The molecule has 0 bridgehead atoms. The third-order valence-electron chi connectivity index (χ3n) is 5.43. The molecule has 5 rings (SSSR count). The van der Waals surface area contributed by atoms with Gasteiger partial charge in [0, 0.05) is 13.0 Å². The van der Waals surface area contributed by atoms with E-state index in [0.29, 0.717) is 23.7 Å². The van der Waals surface area contributed by atoms with Crippen molar-refractivity contribution in [3.8, 4) is 0 Å². The van der Waals surface area contributed by atoms with E-state index in [9.17, 15) is 9.59 Å². The first kappa shape index (κ1) is 20.2. The van der Waals surface area contributed by atoms with Gasteiger partial charge in [-0.2, -0.15) is 0 Å². The number of amides is 1. The van der Waals surface area contributed by atoms with E-state index in [4.69, 9.17) is 9.40 Å². The maximum atomic E-state index is 13.4. The predicted molar refractivity (Wildman–Crippen MR) is 128 cm³/mol. The van der Waals surface area contributed by atoms with Gasteiger partial charge in [-0.1, -0.05) is 53.8 Å². The van der Waals surface area contributed by atoms with E-state index in [2.05, 4.69) is 0 Å². The number of hydrogen-bond acceptors (Lipinski definition) is 5. The van der Waals surface area contributed by atoms with Crippen LogP contribution < -0.4 is 10.7 Å². The molecule has 0 saturated heterocycles. The van der Waals surface area contributed by atoms with Gasteiger partial charge in [0.05, 0.1) is 21.4 Å². The molecule has 160 valence electrons. The smallest absolute Gasteiger partial charge is 0.408 e. The molecule has 3 aromatic carbocycles. The van der Waals surface area contributed by atoms with Gasteiger partial charge >= 0.3 is 5.76 Å². The zero-order valence-electron chi connectivity index (χ0n) is 17.5. The van der Waals surface area contributed by atoms with Gasteiger partial charge in [-0.15, -0.1) is 0 Å². The molecule has 0 saturated carbocycles. The van der Waals surface area contributed by atoms with Crippen LogP contribution in [0, 0.1) is 6.92 Å².